The summed E-state index contributed by atoms with van der Waals surface area (Å²) in [6, 6.07) is 14.1. The largest absolute Gasteiger partial charge is 0.508 e. The van der Waals surface area contributed by atoms with Gasteiger partial charge in [0.2, 0.25) is 0 Å². The van der Waals surface area contributed by atoms with Gasteiger partial charge in [-0.2, -0.15) is 10.3 Å². The zero-order valence-corrected chi connectivity index (χ0v) is 19.8. The lowest BCUT2D eigenvalue weighted by molar-refractivity contribution is 0.0603. The van der Waals surface area contributed by atoms with Gasteiger partial charge in [-0.25, -0.2) is 4.79 Å². The van der Waals surface area contributed by atoms with E-state index < -0.39 is 17.2 Å². The van der Waals surface area contributed by atoms with E-state index in [1.807, 2.05) is 31.7 Å². The lowest BCUT2D eigenvalue weighted by Gasteiger charge is -2.31. The number of amides is 1. The minimum absolute atomic E-state index is 0.138. The van der Waals surface area contributed by atoms with Crippen molar-refractivity contribution >= 4 is 40.6 Å². The van der Waals surface area contributed by atoms with Crippen LogP contribution in [0.1, 0.15) is 45.7 Å². The van der Waals surface area contributed by atoms with Gasteiger partial charge in [0.05, 0.1) is 11.6 Å². The second kappa shape index (κ2) is 8.24. The summed E-state index contributed by atoms with van der Waals surface area (Å²) in [5.74, 6) is 0.535. The van der Waals surface area contributed by atoms with E-state index in [0.717, 1.165) is 11.3 Å². The number of thiocarbonyl (C=S) groups is 1. The van der Waals surface area contributed by atoms with E-state index in [1.165, 1.54) is 0 Å². The Morgan fingerprint density at radius 3 is 2.28 bits per heavy atom. The summed E-state index contributed by atoms with van der Waals surface area (Å²) >= 11 is 5.84. The fraction of sp³-hybridized carbons (Fsp3) is 0.333. The highest BCUT2D eigenvalue weighted by Crippen LogP contribution is 2.38. The number of rotatable bonds is 2. The highest BCUT2D eigenvalue weighted by molar-refractivity contribution is 7.81. The lowest BCUT2D eigenvalue weighted by Crippen LogP contribution is -2.45. The summed E-state index contributed by atoms with van der Waals surface area (Å²) in [5.41, 5.74) is 1.25. The van der Waals surface area contributed by atoms with E-state index in [-0.39, 0.29) is 5.75 Å². The number of aryl methyl sites for hydroxylation is 1. The maximum atomic E-state index is 12.7. The van der Waals surface area contributed by atoms with Crippen molar-refractivity contribution in [3.8, 4) is 11.8 Å². The van der Waals surface area contributed by atoms with Crippen LogP contribution >= 0.6 is 12.2 Å². The van der Waals surface area contributed by atoms with Crippen molar-refractivity contribution in [2.24, 2.45) is 4.99 Å². The summed E-state index contributed by atoms with van der Waals surface area (Å²) in [5, 5.41) is 19.4. The average molecular weight is 451 g/mol. The molecule has 1 fully saturated rings. The highest BCUT2D eigenvalue weighted by atomic mass is 32.1. The molecule has 2 aromatic carbocycles. The van der Waals surface area contributed by atoms with E-state index in [2.05, 4.69) is 11.1 Å². The van der Waals surface area contributed by atoms with Gasteiger partial charge >= 0.3 is 6.09 Å². The van der Waals surface area contributed by atoms with Crippen molar-refractivity contribution in [3.63, 3.8) is 0 Å². The summed E-state index contributed by atoms with van der Waals surface area (Å²) in [6.07, 6.45) is -0.716. The van der Waals surface area contributed by atoms with Crippen LogP contribution in [0.25, 0.3) is 0 Å². The quantitative estimate of drug-likeness (QED) is 0.621. The maximum absolute atomic E-state index is 12.7. The molecule has 3 rings (SSSR count). The number of nitriles is 1. The van der Waals surface area contributed by atoms with E-state index >= 15 is 0 Å². The molecule has 1 aliphatic heterocycles. The molecule has 32 heavy (non-hydrogen) atoms. The molecule has 0 bridgehead atoms. The number of phenols is 1. The number of hydrogen-bond donors (Lipinski definition) is 1. The molecule has 0 saturated carbocycles. The summed E-state index contributed by atoms with van der Waals surface area (Å²) in [4.78, 5) is 20.6. The van der Waals surface area contributed by atoms with Gasteiger partial charge in [0.15, 0.2) is 5.11 Å². The molecule has 1 amide bonds. The van der Waals surface area contributed by atoms with Gasteiger partial charge in [-0.15, -0.1) is 0 Å². The summed E-state index contributed by atoms with van der Waals surface area (Å²) in [7, 11) is 0. The Kier molecular flexibility index (Phi) is 5.98. The molecule has 1 saturated heterocycles. The van der Waals surface area contributed by atoms with Gasteiger partial charge in [-0.3, -0.25) is 4.90 Å². The van der Waals surface area contributed by atoms with Crippen LogP contribution in [0, 0.1) is 18.3 Å². The minimum Gasteiger partial charge on any atom is -0.508 e. The first kappa shape index (κ1) is 23.2. The lowest BCUT2D eigenvalue weighted by atomic mass is 10.0. The molecule has 0 unspecified atom stereocenters. The fourth-order valence-corrected chi connectivity index (χ4v) is 4.07. The molecule has 2 aromatic rings. The van der Waals surface area contributed by atoms with Crippen LogP contribution in [-0.2, 0) is 4.74 Å². The van der Waals surface area contributed by atoms with Crippen molar-refractivity contribution < 1.29 is 14.6 Å². The van der Waals surface area contributed by atoms with E-state index in [4.69, 9.17) is 17.0 Å². The van der Waals surface area contributed by atoms with Crippen molar-refractivity contribution in [2.75, 3.05) is 9.80 Å². The first-order valence-electron chi connectivity index (χ1n) is 10.1. The predicted molar refractivity (Wildman–Crippen MR) is 129 cm³/mol. The summed E-state index contributed by atoms with van der Waals surface area (Å²) in [6.45, 7) is 11.0. The van der Waals surface area contributed by atoms with Crippen molar-refractivity contribution in [1.82, 2.24) is 0 Å². The number of carbonyl (C=O) groups is 1. The van der Waals surface area contributed by atoms with Crippen molar-refractivity contribution in [3.05, 3.63) is 53.6 Å². The molecule has 1 aliphatic rings. The third-order valence-corrected chi connectivity index (χ3v) is 5.35. The monoisotopic (exact) mass is 450 g/mol. The Morgan fingerprint density at radius 2 is 1.75 bits per heavy atom. The maximum Gasteiger partial charge on any atom is 0.435 e. The van der Waals surface area contributed by atoms with Gasteiger partial charge in [0, 0.05) is 11.4 Å². The Hall–Kier alpha value is -3.44. The van der Waals surface area contributed by atoms with Gasteiger partial charge in [-0.1, -0.05) is 0 Å². The van der Waals surface area contributed by atoms with Crippen LogP contribution in [0.15, 0.2) is 47.5 Å². The number of hydrogen-bond acceptors (Lipinski definition) is 5. The second-order valence-corrected chi connectivity index (χ2v) is 9.42. The summed E-state index contributed by atoms with van der Waals surface area (Å²) < 4.78 is 5.44. The number of ether oxygens (including phenoxy) is 1. The van der Waals surface area contributed by atoms with Crippen LogP contribution < -0.4 is 9.80 Å². The van der Waals surface area contributed by atoms with Crippen LogP contribution in [0.3, 0.4) is 0 Å². The normalized spacial score (nSPS) is 16.9. The Balaban J connectivity index is 2.18. The molecule has 0 atom stereocenters. The molecule has 8 heteroatoms. The second-order valence-electron chi connectivity index (χ2n) is 9.06. The smallest absolute Gasteiger partial charge is 0.435 e. The molecule has 0 aromatic heterocycles. The molecule has 7 nitrogen and oxygen atoms in total. The number of nitrogens with zero attached hydrogens (tertiary/aromatic N) is 4. The highest BCUT2D eigenvalue weighted by Gasteiger charge is 2.49. The minimum atomic E-state index is -0.813. The van der Waals surface area contributed by atoms with Gasteiger partial charge in [-0.05, 0) is 102 Å². The van der Waals surface area contributed by atoms with Crippen LogP contribution in [0.4, 0.5) is 16.2 Å². The first-order valence-corrected chi connectivity index (χ1v) is 10.5. The van der Waals surface area contributed by atoms with Crippen LogP contribution in [0.2, 0.25) is 0 Å². The zero-order valence-electron chi connectivity index (χ0n) is 19.0. The number of anilines is 2. The third-order valence-electron chi connectivity index (χ3n) is 4.99. The Morgan fingerprint density at radius 1 is 1.16 bits per heavy atom. The molecule has 0 aliphatic carbocycles. The number of benzene rings is 2. The molecule has 166 valence electrons. The molecule has 1 heterocycles. The van der Waals surface area contributed by atoms with E-state index in [0.29, 0.717) is 22.2 Å². The van der Waals surface area contributed by atoms with Crippen LogP contribution in [0.5, 0.6) is 5.75 Å². The van der Waals surface area contributed by atoms with E-state index in [9.17, 15) is 15.2 Å². The van der Waals surface area contributed by atoms with E-state index in [1.54, 1.807) is 62.1 Å². The zero-order chi connectivity index (χ0) is 23.8. The molecule has 1 N–H and O–H groups in total. The SMILES string of the molecule is Cc1cc(N2C(=S)N(c3ccc(O)cc3)C(C)(C)C2=NC(=O)OC(C)(C)C)ccc1C#N. The van der Waals surface area contributed by atoms with Gasteiger partial charge < -0.3 is 14.7 Å². The predicted octanol–water partition coefficient (Wildman–Crippen LogP) is 5.30. The number of phenolic OH excluding ortho intramolecular Hbond substituents is 1. The molecule has 0 radical (unpaired) electrons. The number of aliphatic imine (C=N–C) groups is 1. The molecular formula is C24H26N4O3S. The van der Waals surface area contributed by atoms with Crippen LogP contribution in [-0.4, -0.2) is 33.3 Å². The average Bonchev–Trinajstić information content (AvgIpc) is 2.86. The Labute approximate surface area is 193 Å². The number of amidine groups is 1. The molecule has 0 spiro atoms. The van der Waals surface area contributed by atoms with Gasteiger partial charge in [0.1, 0.15) is 22.7 Å². The number of carbonyl (C=O) groups excluding carboxylic acids is 1. The topological polar surface area (TPSA) is 89.2 Å². The fourth-order valence-electron chi connectivity index (χ4n) is 3.54. The van der Waals surface area contributed by atoms with Crippen molar-refractivity contribution in [2.45, 2.75) is 52.7 Å². The van der Waals surface area contributed by atoms with Crippen molar-refractivity contribution in [1.29, 1.82) is 5.26 Å². The first-order chi connectivity index (χ1) is 14.8. The Bertz CT molecular complexity index is 1140. The molecular weight excluding hydrogens is 424 g/mol. The number of aromatic hydroxyl groups is 1. The standard InChI is InChI=1S/C24H26N4O3S/c1-15-13-18(8-7-16(15)14-25)27-20(26-21(30)31-23(2,3)4)24(5,6)28(22(27)32)17-9-11-19(29)12-10-17/h7-13,29H,1-6H3. The van der Waals surface area contributed by atoms with Gasteiger partial charge in [0.25, 0.3) is 0 Å². The third kappa shape index (κ3) is 4.43.